The minimum atomic E-state index is -0.845. The van der Waals surface area contributed by atoms with Crippen LogP contribution in [0.15, 0.2) is 16.6 Å². The second-order valence-corrected chi connectivity index (χ2v) is 6.12. The number of rotatable bonds is 3. The highest BCUT2D eigenvalue weighted by Crippen LogP contribution is 2.35. The van der Waals surface area contributed by atoms with Gasteiger partial charge in [0, 0.05) is 16.0 Å². The summed E-state index contributed by atoms with van der Waals surface area (Å²) in [5.41, 5.74) is 2.57. The highest BCUT2D eigenvalue weighted by atomic mass is 79.9. The van der Waals surface area contributed by atoms with E-state index in [-0.39, 0.29) is 11.7 Å². The first-order chi connectivity index (χ1) is 8.91. The molecule has 0 radical (unpaired) electrons. The highest BCUT2D eigenvalue weighted by Gasteiger charge is 2.38. The van der Waals surface area contributed by atoms with Crippen molar-refractivity contribution in [2.45, 2.75) is 33.1 Å². The molecule has 1 aromatic carbocycles. The summed E-state index contributed by atoms with van der Waals surface area (Å²) < 4.78 is 0.975. The summed E-state index contributed by atoms with van der Waals surface area (Å²) in [6, 6.07) is 3.78. The fraction of sp³-hybridized carbons (Fsp3) is 0.467. The van der Waals surface area contributed by atoms with Crippen molar-refractivity contribution < 1.29 is 14.7 Å². The molecule has 2 atom stereocenters. The molecule has 0 spiro atoms. The lowest BCUT2D eigenvalue weighted by Gasteiger charge is -2.16. The molecule has 1 aromatic rings. The first-order valence-corrected chi connectivity index (χ1v) is 7.25. The zero-order valence-electron chi connectivity index (χ0n) is 11.1. The van der Waals surface area contributed by atoms with Crippen LogP contribution < -0.4 is 0 Å². The van der Waals surface area contributed by atoms with E-state index in [1.54, 1.807) is 0 Å². The largest absolute Gasteiger partial charge is 0.481 e. The molecule has 0 aromatic heterocycles. The maximum atomic E-state index is 12.6. The number of Topliss-reactive ketones (excluding diaryl/α,β-unsaturated/α-hetero) is 1. The van der Waals surface area contributed by atoms with Crippen molar-refractivity contribution in [1.29, 1.82) is 0 Å². The van der Waals surface area contributed by atoms with Crippen molar-refractivity contribution in [1.82, 2.24) is 0 Å². The summed E-state index contributed by atoms with van der Waals surface area (Å²) in [5, 5.41) is 9.19. The molecule has 0 bridgehead atoms. The zero-order valence-corrected chi connectivity index (χ0v) is 12.7. The Morgan fingerprint density at radius 2 is 1.79 bits per heavy atom. The average Bonchev–Trinajstić information content (AvgIpc) is 2.82. The molecule has 1 fully saturated rings. The minimum absolute atomic E-state index is 0.0157. The van der Waals surface area contributed by atoms with E-state index in [2.05, 4.69) is 15.9 Å². The number of hydrogen-bond acceptors (Lipinski definition) is 2. The third kappa shape index (κ3) is 2.73. The standard InChI is InChI=1S/C15H17BrO3/c1-8-7-13(16)9(2)6-12(8)14(17)10-4-3-5-11(10)15(18)19/h6-7,10-11H,3-5H2,1-2H3,(H,18,19). The van der Waals surface area contributed by atoms with Crippen molar-refractivity contribution in [3.05, 3.63) is 33.3 Å². The first kappa shape index (κ1) is 14.3. The number of halogens is 1. The van der Waals surface area contributed by atoms with Gasteiger partial charge in [-0.15, -0.1) is 0 Å². The van der Waals surface area contributed by atoms with Gasteiger partial charge in [-0.25, -0.2) is 0 Å². The Morgan fingerprint density at radius 3 is 2.42 bits per heavy atom. The van der Waals surface area contributed by atoms with Gasteiger partial charge >= 0.3 is 5.97 Å². The van der Waals surface area contributed by atoms with Crippen LogP contribution in [0.5, 0.6) is 0 Å². The Bertz CT molecular complexity index is 536. The normalized spacial score (nSPS) is 22.5. The molecular formula is C15H17BrO3. The molecule has 0 saturated heterocycles. The van der Waals surface area contributed by atoms with Gasteiger partial charge in [0.15, 0.2) is 5.78 Å². The quantitative estimate of drug-likeness (QED) is 0.861. The van der Waals surface area contributed by atoms with E-state index in [1.807, 2.05) is 26.0 Å². The number of aliphatic carboxylic acids is 1. The fourth-order valence-corrected chi connectivity index (χ4v) is 3.27. The number of carboxylic acid groups (broad SMARTS) is 1. The van der Waals surface area contributed by atoms with Crippen LogP contribution in [0.3, 0.4) is 0 Å². The molecule has 2 unspecified atom stereocenters. The Kier molecular flexibility index (Phi) is 4.09. The van der Waals surface area contributed by atoms with Gasteiger partial charge in [-0.05, 0) is 49.9 Å². The summed E-state index contributed by atoms with van der Waals surface area (Å²) in [4.78, 5) is 23.8. The second kappa shape index (κ2) is 5.45. The molecule has 0 aliphatic heterocycles. The van der Waals surface area contributed by atoms with Gasteiger partial charge in [0.05, 0.1) is 5.92 Å². The fourth-order valence-electron chi connectivity index (χ4n) is 2.82. The van der Waals surface area contributed by atoms with Crippen LogP contribution in [0.1, 0.15) is 40.7 Å². The average molecular weight is 325 g/mol. The van der Waals surface area contributed by atoms with Crippen LogP contribution >= 0.6 is 15.9 Å². The summed E-state index contributed by atoms with van der Waals surface area (Å²) >= 11 is 3.44. The van der Waals surface area contributed by atoms with E-state index in [0.717, 1.165) is 22.0 Å². The monoisotopic (exact) mass is 324 g/mol. The van der Waals surface area contributed by atoms with Crippen molar-refractivity contribution >= 4 is 27.7 Å². The Hall–Kier alpha value is -1.16. The number of carbonyl (C=O) groups excluding carboxylic acids is 1. The molecule has 19 heavy (non-hydrogen) atoms. The number of benzene rings is 1. The molecule has 4 heteroatoms. The van der Waals surface area contributed by atoms with Crippen LogP contribution in [0.4, 0.5) is 0 Å². The molecule has 1 saturated carbocycles. The predicted octanol–water partition coefficient (Wildman–Crippen LogP) is 3.75. The highest BCUT2D eigenvalue weighted by molar-refractivity contribution is 9.10. The van der Waals surface area contributed by atoms with Gasteiger partial charge in [0.25, 0.3) is 0 Å². The molecule has 3 nitrogen and oxygen atoms in total. The summed E-state index contributed by atoms with van der Waals surface area (Å²) in [6.07, 6.45) is 2.12. The van der Waals surface area contributed by atoms with Crippen LogP contribution in [0.2, 0.25) is 0 Å². The summed E-state index contributed by atoms with van der Waals surface area (Å²) in [6.45, 7) is 3.83. The van der Waals surface area contributed by atoms with Gasteiger partial charge in [-0.1, -0.05) is 22.4 Å². The molecule has 0 heterocycles. The molecule has 2 rings (SSSR count). The van der Waals surface area contributed by atoms with Crippen LogP contribution in [-0.2, 0) is 4.79 Å². The SMILES string of the molecule is Cc1cc(C(=O)C2CCCC2C(=O)O)c(C)cc1Br. The lowest BCUT2D eigenvalue weighted by atomic mass is 9.86. The van der Waals surface area contributed by atoms with E-state index in [0.29, 0.717) is 18.4 Å². The molecule has 102 valence electrons. The van der Waals surface area contributed by atoms with Crippen molar-refractivity contribution in [3.63, 3.8) is 0 Å². The van der Waals surface area contributed by atoms with E-state index in [9.17, 15) is 14.7 Å². The third-order valence-electron chi connectivity index (χ3n) is 3.94. The maximum Gasteiger partial charge on any atom is 0.307 e. The Morgan fingerprint density at radius 1 is 1.16 bits per heavy atom. The number of ketones is 1. The summed E-state index contributed by atoms with van der Waals surface area (Å²) in [5.74, 6) is -1.74. The van der Waals surface area contributed by atoms with Crippen molar-refractivity contribution in [3.8, 4) is 0 Å². The van der Waals surface area contributed by atoms with Gasteiger partial charge in [-0.2, -0.15) is 0 Å². The topological polar surface area (TPSA) is 54.4 Å². The van der Waals surface area contributed by atoms with Gasteiger partial charge in [-0.3, -0.25) is 9.59 Å². The lowest BCUT2D eigenvalue weighted by molar-refractivity contribution is -0.142. The lowest BCUT2D eigenvalue weighted by Crippen LogP contribution is -2.26. The third-order valence-corrected chi connectivity index (χ3v) is 4.80. The van der Waals surface area contributed by atoms with Gasteiger partial charge < -0.3 is 5.11 Å². The van der Waals surface area contributed by atoms with E-state index in [1.165, 1.54) is 0 Å². The number of carbonyl (C=O) groups is 2. The molecule has 0 amide bonds. The molecule has 1 aliphatic rings. The van der Waals surface area contributed by atoms with Crippen LogP contribution in [0.25, 0.3) is 0 Å². The second-order valence-electron chi connectivity index (χ2n) is 5.26. The predicted molar refractivity (Wildman–Crippen MR) is 76.4 cm³/mol. The molecule has 1 N–H and O–H groups in total. The van der Waals surface area contributed by atoms with E-state index >= 15 is 0 Å². The Labute approximate surface area is 121 Å². The number of hydrogen-bond donors (Lipinski definition) is 1. The Balaban J connectivity index is 2.34. The smallest absolute Gasteiger partial charge is 0.307 e. The van der Waals surface area contributed by atoms with Gasteiger partial charge in [0.2, 0.25) is 0 Å². The molecular weight excluding hydrogens is 308 g/mol. The van der Waals surface area contributed by atoms with Gasteiger partial charge in [0.1, 0.15) is 0 Å². The van der Waals surface area contributed by atoms with Crippen LogP contribution in [0, 0.1) is 25.7 Å². The minimum Gasteiger partial charge on any atom is -0.481 e. The maximum absolute atomic E-state index is 12.6. The zero-order chi connectivity index (χ0) is 14.2. The molecule has 1 aliphatic carbocycles. The van der Waals surface area contributed by atoms with Crippen molar-refractivity contribution in [2.75, 3.05) is 0 Å². The summed E-state index contributed by atoms with van der Waals surface area (Å²) in [7, 11) is 0. The number of carboxylic acids is 1. The van der Waals surface area contributed by atoms with E-state index < -0.39 is 11.9 Å². The van der Waals surface area contributed by atoms with E-state index in [4.69, 9.17) is 0 Å². The first-order valence-electron chi connectivity index (χ1n) is 6.45. The van der Waals surface area contributed by atoms with Crippen molar-refractivity contribution in [2.24, 2.45) is 11.8 Å². The number of aryl methyl sites for hydroxylation is 2. The van der Waals surface area contributed by atoms with Crippen LogP contribution in [-0.4, -0.2) is 16.9 Å².